The van der Waals surface area contributed by atoms with Crippen LogP contribution in [0.5, 0.6) is 0 Å². The number of hydrogen-bond donors (Lipinski definition) is 3. The lowest BCUT2D eigenvalue weighted by atomic mass is 9.77. The highest BCUT2D eigenvalue weighted by atomic mass is 19.4. The number of carbonyl (C=O) groups excluding carboxylic acids is 3. The van der Waals surface area contributed by atoms with Crippen LogP contribution in [0.3, 0.4) is 0 Å². The van der Waals surface area contributed by atoms with Gasteiger partial charge in [0.25, 0.3) is 5.91 Å². The molecule has 14 heteroatoms. The van der Waals surface area contributed by atoms with Crippen LogP contribution >= 0.6 is 0 Å². The van der Waals surface area contributed by atoms with Crippen molar-refractivity contribution >= 4 is 29.3 Å². The summed E-state index contributed by atoms with van der Waals surface area (Å²) in [6.45, 7) is 10.3. The molecule has 52 heavy (non-hydrogen) atoms. The maximum Gasteiger partial charge on any atom is 0.435 e. The summed E-state index contributed by atoms with van der Waals surface area (Å²) in [4.78, 5) is 44.1. The molecule has 0 saturated heterocycles. The number of aromatic nitrogens is 3. The highest BCUT2D eigenvalue weighted by molar-refractivity contribution is 6.03. The Kier molecular flexibility index (Phi) is 10.5. The van der Waals surface area contributed by atoms with Crippen LogP contribution in [0.2, 0.25) is 0 Å². The maximum absolute atomic E-state index is 15.6. The van der Waals surface area contributed by atoms with Crippen molar-refractivity contribution in [2.24, 2.45) is 11.3 Å². The van der Waals surface area contributed by atoms with Crippen molar-refractivity contribution in [3.05, 3.63) is 101 Å². The van der Waals surface area contributed by atoms with Crippen LogP contribution in [-0.2, 0) is 21.2 Å². The molecule has 2 aromatic heterocycles. The summed E-state index contributed by atoms with van der Waals surface area (Å²) in [6.07, 6.45) is 0.794. The Labute approximate surface area is 299 Å². The third kappa shape index (κ3) is 9.14. The quantitative estimate of drug-likeness (QED) is 0.141. The van der Waals surface area contributed by atoms with E-state index < -0.39 is 51.9 Å². The van der Waals surface area contributed by atoms with E-state index in [9.17, 15) is 27.6 Å². The number of anilines is 2. The highest BCUT2D eigenvalue weighted by Gasteiger charge is 2.41. The maximum atomic E-state index is 15.6. The topological polar surface area (TPSA) is 127 Å². The van der Waals surface area contributed by atoms with E-state index in [2.05, 4.69) is 26.0 Å². The number of benzene rings is 2. The zero-order valence-corrected chi connectivity index (χ0v) is 29.8. The van der Waals surface area contributed by atoms with Crippen LogP contribution in [-0.4, -0.2) is 38.3 Å². The molecule has 1 aliphatic carbocycles. The third-order valence-corrected chi connectivity index (χ3v) is 8.46. The van der Waals surface area contributed by atoms with Crippen molar-refractivity contribution in [2.75, 3.05) is 10.6 Å². The minimum atomic E-state index is -4.92. The van der Waals surface area contributed by atoms with Crippen molar-refractivity contribution in [1.82, 2.24) is 20.1 Å². The first kappa shape index (κ1) is 38.0. The predicted octanol–water partition coefficient (Wildman–Crippen LogP) is 8.62. The Balaban J connectivity index is 1.55. The van der Waals surface area contributed by atoms with Gasteiger partial charge in [-0.2, -0.15) is 18.3 Å². The number of amides is 3. The van der Waals surface area contributed by atoms with E-state index in [1.807, 2.05) is 6.07 Å². The van der Waals surface area contributed by atoms with Gasteiger partial charge in [-0.15, -0.1) is 0 Å². The Bertz CT molecular complexity index is 1950. The first-order valence-electron chi connectivity index (χ1n) is 16.9. The molecule has 1 fully saturated rings. The van der Waals surface area contributed by atoms with Crippen molar-refractivity contribution in [3.63, 3.8) is 0 Å². The summed E-state index contributed by atoms with van der Waals surface area (Å²) in [5.74, 6) is -1.75. The molecule has 0 spiro atoms. The van der Waals surface area contributed by atoms with E-state index in [-0.39, 0.29) is 23.0 Å². The smallest absolute Gasteiger partial charge is 0.435 e. The van der Waals surface area contributed by atoms with Crippen LogP contribution in [0.25, 0.3) is 5.69 Å². The van der Waals surface area contributed by atoms with Gasteiger partial charge in [0.2, 0.25) is 5.91 Å². The number of carbonyl (C=O) groups is 3. The number of alkyl halides is 3. The van der Waals surface area contributed by atoms with Gasteiger partial charge >= 0.3 is 12.3 Å². The van der Waals surface area contributed by atoms with Crippen molar-refractivity contribution < 1.29 is 36.7 Å². The normalized spacial score (nSPS) is 14.7. The number of halogens is 4. The number of hydrogen-bond acceptors (Lipinski definition) is 6. The lowest BCUT2D eigenvalue weighted by molar-refractivity contribution is -0.141. The summed E-state index contributed by atoms with van der Waals surface area (Å²) in [5, 5.41) is 11.8. The lowest BCUT2D eigenvalue weighted by Crippen LogP contribution is -2.50. The van der Waals surface area contributed by atoms with E-state index >= 15 is 4.39 Å². The molecule has 0 aliphatic heterocycles. The Morgan fingerprint density at radius 2 is 1.63 bits per heavy atom. The minimum absolute atomic E-state index is 0.00370. The number of pyridine rings is 1. The van der Waals surface area contributed by atoms with Gasteiger partial charge in [0.15, 0.2) is 5.69 Å². The van der Waals surface area contributed by atoms with Crippen molar-refractivity contribution in [1.29, 1.82) is 0 Å². The molecule has 1 saturated carbocycles. The van der Waals surface area contributed by atoms with E-state index in [1.165, 1.54) is 36.4 Å². The molecule has 1 aliphatic rings. The second-order valence-electron chi connectivity index (χ2n) is 15.0. The SMILES string of the molecule is CC(C)(C)OC(=O)Nc1cccc(-n2nc(C(F)(F)F)cc2C(=O)Nc2cc(C(CCC3CC3)(NC(=O)C(C)(C)C)c3cccnc3)ccc2F)c1. The second-order valence-corrected chi connectivity index (χ2v) is 15.0. The van der Waals surface area contributed by atoms with Crippen molar-refractivity contribution in [3.8, 4) is 5.69 Å². The van der Waals surface area contributed by atoms with Gasteiger partial charge in [0, 0.05) is 35.1 Å². The van der Waals surface area contributed by atoms with E-state index in [1.54, 1.807) is 60.0 Å². The molecule has 2 aromatic carbocycles. The van der Waals surface area contributed by atoms with Crippen LogP contribution in [0.1, 0.15) is 94.5 Å². The first-order valence-corrected chi connectivity index (χ1v) is 16.9. The monoisotopic (exact) mass is 722 g/mol. The molecule has 0 bridgehead atoms. The zero-order chi connectivity index (χ0) is 38.1. The van der Waals surface area contributed by atoms with Gasteiger partial charge in [-0.1, -0.05) is 51.8 Å². The molecular formula is C38H42F4N6O4. The Morgan fingerprint density at radius 3 is 2.25 bits per heavy atom. The first-order chi connectivity index (χ1) is 24.2. The summed E-state index contributed by atoms with van der Waals surface area (Å²) < 4.78 is 63.4. The average molecular weight is 723 g/mol. The van der Waals surface area contributed by atoms with Gasteiger partial charge in [0.1, 0.15) is 17.1 Å². The molecule has 5 rings (SSSR count). The number of rotatable bonds is 10. The van der Waals surface area contributed by atoms with Gasteiger partial charge in [-0.05, 0) is 81.5 Å². The second kappa shape index (κ2) is 14.4. The fraction of sp³-hybridized carbons (Fsp3) is 0.395. The van der Waals surface area contributed by atoms with Gasteiger partial charge in [0.05, 0.1) is 16.9 Å². The van der Waals surface area contributed by atoms with Gasteiger partial charge in [-0.25, -0.2) is 13.9 Å². The molecule has 4 aromatic rings. The number of ether oxygens (including phenoxy) is 1. The molecule has 10 nitrogen and oxygen atoms in total. The summed E-state index contributed by atoms with van der Waals surface area (Å²) in [6, 6.07) is 13.8. The van der Waals surface area contributed by atoms with Gasteiger partial charge in [-0.3, -0.25) is 19.9 Å². The Hall–Kier alpha value is -5.27. The largest absolute Gasteiger partial charge is 0.444 e. The molecule has 1 unspecified atom stereocenters. The number of nitrogens with one attached hydrogen (secondary N) is 3. The summed E-state index contributed by atoms with van der Waals surface area (Å²) in [5.41, 5.74) is -3.77. The van der Waals surface area contributed by atoms with Gasteiger partial charge < -0.3 is 15.4 Å². The molecule has 1 atom stereocenters. The highest BCUT2D eigenvalue weighted by Crippen LogP contribution is 2.42. The fourth-order valence-electron chi connectivity index (χ4n) is 5.57. The minimum Gasteiger partial charge on any atom is -0.444 e. The van der Waals surface area contributed by atoms with Crippen LogP contribution < -0.4 is 16.0 Å². The van der Waals surface area contributed by atoms with E-state index in [4.69, 9.17) is 4.74 Å². The van der Waals surface area contributed by atoms with Crippen LogP contribution in [0.4, 0.5) is 33.7 Å². The van der Waals surface area contributed by atoms with Crippen LogP contribution in [0.15, 0.2) is 73.1 Å². The van der Waals surface area contributed by atoms with Crippen LogP contribution in [0, 0.1) is 17.2 Å². The molecular weight excluding hydrogens is 680 g/mol. The molecule has 2 heterocycles. The Morgan fingerprint density at radius 1 is 0.904 bits per heavy atom. The zero-order valence-electron chi connectivity index (χ0n) is 29.8. The summed E-state index contributed by atoms with van der Waals surface area (Å²) >= 11 is 0. The average Bonchev–Trinajstić information content (AvgIpc) is 3.76. The van der Waals surface area contributed by atoms with Crippen molar-refractivity contribution in [2.45, 2.75) is 84.5 Å². The van der Waals surface area contributed by atoms with E-state index in [0.717, 1.165) is 30.0 Å². The molecule has 3 amide bonds. The molecule has 276 valence electrons. The lowest BCUT2D eigenvalue weighted by Gasteiger charge is -2.38. The molecule has 3 N–H and O–H groups in total. The molecule has 0 radical (unpaired) electrons. The summed E-state index contributed by atoms with van der Waals surface area (Å²) in [7, 11) is 0. The third-order valence-electron chi connectivity index (χ3n) is 8.46. The predicted molar refractivity (Wildman–Crippen MR) is 187 cm³/mol. The van der Waals surface area contributed by atoms with E-state index in [0.29, 0.717) is 29.5 Å². The fourth-order valence-corrected chi connectivity index (χ4v) is 5.57. The number of nitrogens with zero attached hydrogens (tertiary/aromatic N) is 3. The standard InChI is InChI=1S/C38H42F4N6O4/c1-35(2,3)33(50)46-37(17-16-23-12-13-23,25-9-8-18-43-22-25)24-14-15-28(39)29(19-24)45-32(49)30-21-31(38(40,41)42)47-48(30)27-11-7-10-26(20-27)44-34(51)52-36(4,5)6/h7-11,14-15,18-23H,12-13,16-17H2,1-6H3,(H,44,51)(H,45,49)(H,46,50).